The zero-order valence-corrected chi connectivity index (χ0v) is 21.7. The normalized spacial score (nSPS) is 47.6. The van der Waals surface area contributed by atoms with Gasteiger partial charge in [-0.05, 0) is 61.5 Å². The minimum atomic E-state index is -0.468. The van der Waals surface area contributed by atoms with E-state index in [1.54, 1.807) is 6.08 Å². The Morgan fingerprint density at radius 1 is 1.09 bits per heavy atom. The minimum absolute atomic E-state index is 0.0588. The topological polar surface area (TPSA) is 81.7 Å². The zero-order valence-electron chi connectivity index (χ0n) is 21.7. The van der Waals surface area contributed by atoms with E-state index in [1.807, 2.05) is 0 Å². The number of carbonyl (C=O) groups excluding carboxylic acids is 3. The van der Waals surface area contributed by atoms with Crippen molar-refractivity contribution >= 4 is 17.7 Å². The SMILES string of the molecule is CC(=O)O[C@@H]1CC2C(C)(C)C(=O)CC[C@]2(C)C2CC[C@]3(C)C(=CC(=O)O[C@H]3C3CCNC3)[C@@]21C. The van der Waals surface area contributed by atoms with E-state index < -0.39 is 10.8 Å². The number of Topliss-reactive ketones (excluding diaryl/α,β-unsaturated/α-hetero) is 1. The summed E-state index contributed by atoms with van der Waals surface area (Å²) < 4.78 is 12.2. The summed E-state index contributed by atoms with van der Waals surface area (Å²) in [5, 5.41) is 3.44. The van der Waals surface area contributed by atoms with Gasteiger partial charge in [-0.3, -0.25) is 9.59 Å². The van der Waals surface area contributed by atoms with Crippen LogP contribution in [-0.2, 0) is 23.9 Å². The predicted molar refractivity (Wildman–Crippen MR) is 128 cm³/mol. The van der Waals surface area contributed by atoms with Crippen LogP contribution in [0.2, 0.25) is 0 Å². The average molecular weight is 472 g/mol. The molecule has 0 bridgehead atoms. The van der Waals surface area contributed by atoms with Crippen molar-refractivity contribution in [3.63, 3.8) is 0 Å². The molecule has 2 aliphatic heterocycles. The monoisotopic (exact) mass is 471 g/mol. The van der Waals surface area contributed by atoms with Crippen LogP contribution in [0.25, 0.3) is 0 Å². The number of esters is 2. The fourth-order valence-electron chi connectivity index (χ4n) is 9.38. The lowest BCUT2D eigenvalue weighted by atomic mass is 9.37. The highest BCUT2D eigenvalue weighted by atomic mass is 16.5. The van der Waals surface area contributed by atoms with E-state index >= 15 is 0 Å². The van der Waals surface area contributed by atoms with Crippen LogP contribution >= 0.6 is 0 Å². The first-order valence-corrected chi connectivity index (χ1v) is 13.2. The summed E-state index contributed by atoms with van der Waals surface area (Å²) in [5.41, 5.74) is -0.144. The molecule has 1 saturated heterocycles. The van der Waals surface area contributed by atoms with E-state index in [2.05, 4.69) is 39.9 Å². The molecule has 0 radical (unpaired) electrons. The van der Waals surface area contributed by atoms with E-state index in [0.717, 1.165) is 44.3 Å². The summed E-state index contributed by atoms with van der Waals surface area (Å²) >= 11 is 0. The molecule has 1 N–H and O–H groups in total. The van der Waals surface area contributed by atoms with Crippen LogP contribution in [-0.4, -0.2) is 43.0 Å². The van der Waals surface area contributed by atoms with Gasteiger partial charge in [0.15, 0.2) is 0 Å². The Morgan fingerprint density at radius 3 is 2.47 bits per heavy atom. The molecule has 5 rings (SSSR count). The van der Waals surface area contributed by atoms with E-state index in [0.29, 0.717) is 24.5 Å². The van der Waals surface area contributed by atoms with E-state index in [-0.39, 0.29) is 46.8 Å². The second kappa shape index (κ2) is 7.65. The molecule has 2 heterocycles. The van der Waals surface area contributed by atoms with Crippen molar-refractivity contribution in [3.8, 4) is 0 Å². The largest absolute Gasteiger partial charge is 0.462 e. The Hall–Kier alpha value is -1.69. The average Bonchev–Trinajstić information content (AvgIpc) is 3.28. The third kappa shape index (κ3) is 3.12. The van der Waals surface area contributed by atoms with Gasteiger partial charge in [-0.2, -0.15) is 0 Å². The first kappa shape index (κ1) is 24.0. The summed E-state index contributed by atoms with van der Waals surface area (Å²) in [6, 6.07) is 0. The van der Waals surface area contributed by atoms with Crippen LogP contribution in [0, 0.1) is 39.4 Å². The van der Waals surface area contributed by atoms with Crippen molar-refractivity contribution in [1.29, 1.82) is 0 Å². The molecule has 6 heteroatoms. The van der Waals surface area contributed by atoms with Gasteiger partial charge in [-0.25, -0.2) is 4.79 Å². The molecule has 0 aromatic rings. The molecule has 3 unspecified atom stereocenters. The number of cyclic esters (lactones) is 1. The van der Waals surface area contributed by atoms with Crippen LogP contribution in [0.15, 0.2) is 11.6 Å². The third-order valence-corrected chi connectivity index (χ3v) is 11.0. The van der Waals surface area contributed by atoms with Crippen molar-refractivity contribution in [3.05, 3.63) is 11.6 Å². The van der Waals surface area contributed by atoms with Gasteiger partial charge >= 0.3 is 11.9 Å². The molecule has 3 saturated carbocycles. The van der Waals surface area contributed by atoms with E-state index in [9.17, 15) is 14.4 Å². The highest BCUT2D eigenvalue weighted by Gasteiger charge is 2.69. The second-order valence-electron chi connectivity index (χ2n) is 13.0. The van der Waals surface area contributed by atoms with Gasteiger partial charge in [0.25, 0.3) is 0 Å². The lowest BCUT2D eigenvalue weighted by molar-refractivity contribution is -0.212. The number of ketones is 1. The predicted octanol–water partition coefficient (Wildman–Crippen LogP) is 4.22. The Labute approximate surface area is 203 Å². The summed E-state index contributed by atoms with van der Waals surface area (Å²) in [7, 11) is 0. The summed E-state index contributed by atoms with van der Waals surface area (Å²) in [4.78, 5) is 38.4. The van der Waals surface area contributed by atoms with Crippen molar-refractivity contribution in [1.82, 2.24) is 5.32 Å². The molecule has 5 aliphatic rings. The van der Waals surface area contributed by atoms with E-state index in [4.69, 9.17) is 9.47 Å². The molecule has 0 aromatic heterocycles. The Balaban J connectivity index is 1.65. The molecule has 6 nitrogen and oxygen atoms in total. The lowest BCUT2D eigenvalue weighted by Gasteiger charge is -2.68. The van der Waals surface area contributed by atoms with Crippen LogP contribution in [0.5, 0.6) is 0 Å². The highest BCUT2D eigenvalue weighted by Crippen LogP contribution is 2.71. The summed E-state index contributed by atoms with van der Waals surface area (Å²) in [6.07, 6.45) is 6.24. The molecular formula is C28H41NO5. The van der Waals surface area contributed by atoms with Crippen molar-refractivity contribution in [2.24, 2.45) is 39.4 Å². The number of hydrogen-bond acceptors (Lipinski definition) is 6. The van der Waals surface area contributed by atoms with Gasteiger partial charge in [0.05, 0.1) is 0 Å². The maximum atomic E-state index is 13.0. The molecular weight excluding hydrogens is 430 g/mol. The standard InChI is InChI=1S/C28H41NO5/c1-16(30)33-22-13-19-25(2,3)21(31)8-11-26(19,4)18-7-10-27(5)20(28(18,22)6)14-23(32)34-24(27)17-9-12-29-15-17/h14,17-19,22,24,29H,7-13,15H2,1-6H3/t17?,18?,19?,22-,24+,26-,27-,28-/m1/s1. The summed E-state index contributed by atoms with van der Waals surface area (Å²) in [5.74, 6) is 0.413. The Kier molecular flexibility index (Phi) is 5.41. The number of hydrogen-bond donors (Lipinski definition) is 1. The van der Waals surface area contributed by atoms with Gasteiger partial charge in [0.1, 0.15) is 18.0 Å². The Bertz CT molecular complexity index is 948. The van der Waals surface area contributed by atoms with Gasteiger partial charge < -0.3 is 14.8 Å². The zero-order chi connectivity index (χ0) is 24.7. The first-order chi connectivity index (χ1) is 15.8. The van der Waals surface area contributed by atoms with Crippen LogP contribution in [0.3, 0.4) is 0 Å². The number of rotatable bonds is 2. The van der Waals surface area contributed by atoms with Crippen molar-refractivity contribution < 1.29 is 23.9 Å². The fourth-order valence-corrected chi connectivity index (χ4v) is 9.38. The van der Waals surface area contributed by atoms with Crippen LogP contribution in [0.4, 0.5) is 0 Å². The van der Waals surface area contributed by atoms with Gasteiger partial charge in [0.2, 0.25) is 0 Å². The molecule has 4 fully saturated rings. The van der Waals surface area contributed by atoms with Crippen LogP contribution < -0.4 is 5.32 Å². The van der Waals surface area contributed by atoms with Crippen molar-refractivity contribution in [2.45, 2.75) is 92.3 Å². The number of ether oxygens (including phenoxy) is 2. The van der Waals surface area contributed by atoms with Gasteiger partial charge in [-0.1, -0.05) is 34.6 Å². The fraction of sp³-hybridized carbons (Fsp3) is 0.821. The van der Waals surface area contributed by atoms with Gasteiger partial charge in [0, 0.05) is 48.1 Å². The molecule has 188 valence electrons. The quantitative estimate of drug-likeness (QED) is 0.608. The summed E-state index contributed by atoms with van der Waals surface area (Å²) in [6.45, 7) is 14.3. The molecule has 8 atom stereocenters. The van der Waals surface area contributed by atoms with Crippen LogP contribution in [0.1, 0.15) is 80.1 Å². The number of nitrogens with one attached hydrogen (secondary N) is 1. The lowest BCUT2D eigenvalue weighted by Crippen LogP contribution is -2.67. The molecule has 0 spiro atoms. The third-order valence-electron chi connectivity index (χ3n) is 11.0. The first-order valence-electron chi connectivity index (χ1n) is 13.2. The Morgan fingerprint density at radius 2 is 1.82 bits per heavy atom. The molecule has 3 aliphatic carbocycles. The maximum Gasteiger partial charge on any atom is 0.331 e. The second-order valence-corrected chi connectivity index (χ2v) is 13.0. The van der Waals surface area contributed by atoms with Gasteiger partial charge in [-0.15, -0.1) is 0 Å². The van der Waals surface area contributed by atoms with E-state index in [1.165, 1.54) is 6.92 Å². The number of carbonyl (C=O) groups is 3. The van der Waals surface area contributed by atoms with Crippen molar-refractivity contribution in [2.75, 3.05) is 13.1 Å². The molecule has 34 heavy (non-hydrogen) atoms. The minimum Gasteiger partial charge on any atom is -0.462 e. The molecule has 0 aromatic carbocycles. The number of fused-ring (bicyclic) bond motifs is 5. The molecule has 0 amide bonds. The smallest absolute Gasteiger partial charge is 0.331 e. The highest BCUT2D eigenvalue weighted by molar-refractivity contribution is 5.86. The maximum absolute atomic E-state index is 13.0.